The van der Waals surface area contributed by atoms with Gasteiger partial charge in [-0.1, -0.05) is 122 Å². The first-order valence-corrected chi connectivity index (χ1v) is 21.2. The Morgan fingerprint density at radius 3 is 2.35 bits per heavy atom. The number of hydrogen-bond donors (Lipinski definition) is 4. The molecule has 0 bridgehead atoms. The molecule has 5 N–H and O–H groups in total. The van der Waals surface area contributed by atoms with Crippen molar-refractivity contribution in [2.75, 3.05) is 13.2 Å². The third kappa shape index (κ3) is 10.5. The molecule has 320 valence electrons. The quantitative estimate of drug-likeness (QED) is 0.0714. The topological polar surface area (TPSA) is 144 Å². The molecule has 62 heavy (non-hydrogen) atoms. The molecule has 5 aromatic rings. The molecule has 2 aliphatic rings. The van der Waals surface area contributed by atoms with E-state index in [-0.39, 0.29) is 37.7 Å². The maximum Gasteiger partial charge on any atom is 0.326 e. The molecule has 0 fully saturated rings. The van der Waals surface area contributed by atoms with Crippen LogP contribution in [0.15, 0.2) is 140 Å². The van der Waals surface area contributed by atoms with E-state index in [2.05, 4.69) is 35.9 Å². The first-order valence-electron chi connectivity index (χ1n) is 20.5. The van der Waals surface area contributed by atoms with E-state index < -0.39 is 18.1 Å². The minimum atomic E-state index is -1.18. The zero-order valence-electron chi connectivity index (χ0n) is 34.3. The summed E-state index contributed by atoms with van der Waals surface area (Å²) in [6.45, 7) is 6.63. The fourth-order valence-electron chi connectivity index (χ4n) is 7.96. The molecule has 4 atom stereocenters. The molecule has 10 nitrogen and oxygen atoms in total. The van der Waals surface area contributed by atoms with E-state index in [1.54, 1.807) is 30.4 Å². The second-order valence-electron chi connectivity index (χ2n) is 15.4. The summed E-state index contributed by atoms with van der Waals surface area (Å²) in [7, 11) is 0. The van der Waals surface area contributed by atoms with Crippen molar-refractivity contribution >= 4 is 40.7 Å². The van der Waals surface area contributed by atoms with E-state index in [9.17, 15) is 19.8 Å². The summed E-state index contributed by atoms with van der Waals surface area (Å²) < 4.78 is 18.8. The highest BCUT2D eigenvalue weighted by Crippen LogP contribution is 2.42. The molecule has 0 aliphatic carbocycles. The number of nitrogens with two attached hydrogens (primary N) is 1. The van der Waals surface area contributed by atoms with E-state index in [1.807, 2.05) is 84.9 Å². The van der Waals surface area contributed by atoms with E-state index >= 15 is 0 Å². The molecule has 12 heteroatoms. The second kappa shape index (κ2) is 20.2. The van der Waals surface area contributed by atoms with Crippen LogP contribution in [0.4, 0.5) is 0 Å². The molecule has 0 spiro atoms. The predicted molar refractivity (Wildman–Crippen MR) is 242 cm³/mol. The second-order valence-corrected chi connectivity index (χ2v) is 16.2. The van der Waals surface area contributed by atoms with Crippen LogP contribution in [0.1, 0.15) is 64.4 Å². The number of aliphatic carboxylic acids is 1. The Labute approximate surface area is 371 Å². The Balaban J connectivity index is 1.08. The molecule has 0 saturated heterocycles. The normalized spacial score (nSPS) is 17.4. The van der Waals surface area contributed by atoms with E-state index in [1.165, 1.54) is 0 Å². The van der Waals surface area contributed by atoms with Gasteiger partial charge in [-0.2, -0.15) is 0 Å². The lowest BCUT2D eigenvalue weighted by Gasteiger charge is -2.42. The predicted octanol–water partition coefficient (Wildman–Crippen LogP) is 9.18. The number of rotatable bonds is 16. The van der Waals surface area contributed by atoms with E-state index in [0.717, 1.165) is 50.9 Å². The van der Waals surface area contributed by atoms with Crippen molar-refractivity contribution in [1.29, 1.82) is 0 Å². The summed E-state index contributed by atoms with van der Waals surface area (Å²) >= 11 is 12.2. The number of ether oxygens (including phenoxy) is 3. The Hall–Kier alpha value is -6.04. The van der Waals surface area contributed by atoms with Gasteiger partial charge in [-0.15, -0.1) is 0 Å². The van der Waals surface area contributed by atoms with Crippen LogP contribution in [0.3, 0.4) is 0 Å². The lowest BCUT2D eigenvalue weighted by molar-refractivity contribution is -0.143. The molecule has 1 amide bonds. The minimum Gasteiger partial charge on any atom is -0.489 e. The first-order chi connectivity index (χ1) is 30.0. The molecule has 0 unspecified atom stereocenters. The van der Waals surface area contributed by atoms with Crippen LogP contribution in [-0.2, 0) is 35.6 Å². The number of hydrogen-bond acceptors (Lipinski definition) is 8. The number of carboxylic acid groups (broad SMARTS) is 1. The van der Waals surface area contributed by atoms with Crippen LogP contribution in [-0.4, -0.2) is 52.3 Å². The highest BCUT2D eigenvalue weighted by atomic mass is 35.5. The summed E-state index contributed by atoms with van der Waals surface area (Å²) in [6, 6.07) is 32.5. The van der Waals surface area contributed by atoms with Crippen LogP contribution >= 0.6 is 23.2 Å². The summed E-state index contributed by atoms with van der Waals surface area (Å²) in [5.41, 5.74) is 13.3. The fourth-order valence-corrected chi connectivity index (χ4v) is 8.28. The molecule has 5 aromatic carbocycles. The van der Waals surface area contributed by atoms with Crippen LogP contribution in [0.25, 0.3) is 5.57 Å². The molecule has 2 heterocycles. The number of carbonyl (C=O) groups excluding carboxylic acids is 1. The smallest absolute Gasteiger partial charge is 0.326 e. The summed E-state index contributed by atoms with van der Waals surface area (Å²) in [5.74, 6) is 0.410. The van der Waals surface area contributed by atoms with Crippen LogP contribution in [0.2, 0.25) is 10.0 Å². The highest BCUT2D eigenvalue weighted by molar-refractivity contribution is 6.42. The largest absolute Gasteiger partial charge is 0.489 e. The van der Waals surface area contributed by atoms with Gasteiger partial charge >= 0.3 is 5.97 Å². The van der Waals surface area contributed by atoms with Gasteiger partial charge in [0.25, 0.3) is 0 Å². The van der Waals surface area contributed by atoms with Crippen molar-refractivity contribution in [2.45, 2.75) is 63.6 Å². The van der Waals surface area contributed by atoms with Gasteiger partial charge in [-0.05, 0) is 99.8 Å². The maximum absolute atomic E-state index is 14.4. The number of carbonyl (C=O) groups is 2. The lowest BCUT2D eigenvalue weighted by atomic mass is 9.89. The number of halogens is 2. The standard InChI is InChI=1S/C50H49Cl2N3O7/c1-3-8-36(23-39(53)28-56)33-14-11-31(12-15-33)22-43(50(58)59)54-49(57)45-24-37-25-46-47(26-38(37)27-55(45)44(4-2)34-9-6-5-7-10-34)62-48(30-61-46)35-16-18-40(19-17-35)60-29-32-13-20-41(51)42(52)21-32/h3,5-21,23,25-26,43-45,48,56H,1,4,22,24,27-30,53H2,2H3,(H,54,57)(H,58,59)/b36-8+,39-23-/t43-,44-,45-,48+/m0/s1. The number of allylic oxidation sites excluding steroid dienone is 4. The SMILES string of the molecule is C=C/C=C(\C=C(/N)CO)c1ccc(C[C@H](NC(=O)[C@@H]2Cc3cc4c(cc3CN2[C@@H](CC)c2ccccc2)O[C@@H](c2ccc(OCc3ccc(Cl)c(Cl)c3)cc2)CO4)C(=O)O)cc1. The van der Waals surface area contributed by atoms with Crippen LogP contribution in [0, 0.1) is 0 Å². The van der Waals surface area contributed by atoms with Gasteiger partial charge in [0.05, 0.1) is 22.7 Å². The molecular formula is C50H49Cl2N3O7. The average molecular weight is 875 g/mol. The Bertz CT molecular complexity index is 2460. The van der Waals surface area contributed by atoms with Gasteiger partial charge in [0.2, 0.25) is 5.91 Å². The number of aliphatic hydroxyl groups is 1. The summed E-state index contributed by atoms with van der Waals surface area (Å²) in [4.78, 5) is 29.3. The van der Waals surface area contributed by atoms with E-state index in [4.69, 9.17) is 43.1 Å². The Kier molecular flexibility index (Phi) is 14.4. The van der Waals surface area contributed by atoms with Crippen molar-refractivity contribution in [3.05, 3.63) is 189 Å². The highest BCUT2D eigenvalue weighted by Gasteiger charge is 2.39. The zero-order valence-corrected chi connectivity index (χ0v) is 35.8. The number of fused-ring (bicyclic) bond motifs is 2. The number of amides is 1. The van der Waals surface area contributed by atoms with Crippen molar-refractivity contribution in [1.82, 2.24) is 10.2 Å². The van der Waals surface area contributed by atoms with Crippen molar-refractivity contribution in [3.63, 3.8) is 0 Å². The van der Waals surface area contributed by atoms with Gasteiger partial charge in [0.15, 0.2) is 17.6 Å². The first kappa shape index (κ1) is 44.0. The van der Waals surface area contributed by atoms with Gasteiger partial charge in [0.1, 0.15) is 25.0 Å². The zero-order chi connectivity index (χ0) is 43.8. The van der Waals surface area contributed by atoms with Crippen molar-refractivity contribution < 1.29 is 34.0 Å². The monoisotopic (exact) mass is 873 g/mol. The van der Waals surface area contributed by atoms with Gasteiger partial charge in [-0.25, -0.2) is 4.79 Å². The molecular weight excluding hydrogens is 825 g/mol. The van der Waals surface area contributed by atoms with Crippen LogP contribution in [0.5, 0.6) is 17.2 Å². The Morgan fingerprint density at radius 2 is 1.68 bits per heavy atom. The third-order valence-corrected chi connectivity index (χ3v) is 11.9. The van der Waals surface area contributed by atoms with Gasteiger partial charge in [0, 0.05) is 24.7 Å². The lowest BCUT2D eigenvalue weighted by Crippen LogP contribution is -2.55. The number of benzene rings is 5. The molecule has 0 radical (unpaired) electrons. The van der Waals surface area contributed by atoms with E-state index in [0.29, 0.717) is 52.6 Å². The average Bonchev–Trinajstić information content (AvgIpc) is 3.28. The third-order valence-electron chi connectivity index (χ3n) is 11.2. The summed E-state index contributed by atoms with van der Waals surface area (Å²) in [5, 5.41) is 23.7. The van der Waals surface area contributed by atoms with Crippen molar-refractivity contribution in [3.8, 4) is 17.2 Å². The minimum absolute atomic E-state index is 0.0734. The number of nitrogens with one attached hydrogen (secondary N) is 1. The van der Waals surface area contributed by atoms with Crippen LogP contribution < -0.4 is 25.3 Å². The molecule has 7 rings (SSSR count). The van der Waals surface area contributed by atoms with Crippen molar-refractivity contribution in [2.24, 2.45) is 5.73 Å². The molecule has 0 saturated carbocycles. The number of nitrogens with zero attached hydrogens (tertiary/aromatic N) is 1. The summed E-state index contributed by atoms with van der Waals surface area (Å²) in [6.07, 6.45) is 5.85. The van der Waals surface area contributed by atoms with Gasteiger partial charge in [-0.3, -0.25) is 9.69 Å². The molecule has 0 aromatic heterocycles. The number of carboxylic acids is 1. The Morgan fingerprint density at radius 1 is 0.952 bits per heavy atom. The molecule has 2 aliphatic heterocycles. The number of aliphatic hydroxyl groups excluding tert-OH is 1. The fraction of sp³-hybridized carbons (Fsp3) is 0.240. The van der Waals surface area contributed by atoms with Gasteiger partial charge < -0.3 is 35.5 Å². The maximum atomic E-state index is 14.4.